The summed E-state index contributed by atoms with van der Waals surface area (Å²) < 4.78 is 0.769. The predicted molar refractivity (Wildman–Crippen MR) is 77.0 cm³/mol. The minimum Gasteiger partial charge on any atom is -0.393 e. The van der Waals surface area contributed by atoms with Gasteiger partial charge in [0.15, 0.2) is 0 Å². The van der Waals surface area contributed by atoms with Crippen LogP contribution in [0.4, 0.5) is 0 Å². The third-order valence-electron chi connectivity index (χ3n) is 2.48. The van der Waals surface area contributed by atoms with E-state index >= 15 is 0 Å². The SMILES string of the molecule is CC(C)(CNC(=O)c1ccccc1Br)C(N)=S. The number of rotatable bonds is 4. The van der Waals surface area contributed by atoms with Gasteiger partial charge in [-0.15, -0.1) is 0 Å². The minimum absolute atomic E-state index is 0.137. The molecule has 17 heavy (non-hydrogen) atoms. The summed E-state index contributed by atoms with van der Waals surface area (Å²) in [4.78, 5) is 12.3. The number of thiocarbonyl (C=S) groups is 1. The Hall–Kier alpha value is -0.940. The number of carbonyl (C=O) groups excluding carboxylic acids is 1. The molecule has 0 atom stereocenters. The second-order valence-corrected chi connectivity index (χ2v) is 5.70. The molecule has 1 rings (SSSR count). The Morgan fingerprint density at radius 2 is 2.06 bits per heavy atom. The Morgan fingerprint density at radius 3 is 2.59 bits per heavy atom. The van der Waals surface area contributed by atoms with Crippen molar-refractivity contribution in [1.82, 2.24) is 5.32 Å². The first-order valence-electron chi connectivity index (χ1n) is 5.17. The summed E-state index contributed by atoms with van der Waals surface area (Å²) in [6.07, 6.45) is 0. The number of benzene rings is 1. The van der Waals surface area contributed by atoms with Crippen molar-refractivity contribution in [1.29, 1.82) is 0 Å². The lowest BCUT2D eigenvalue weighted by atomic mass is 9.93. The van der Waals surface area contributed by atoms with Gasteiger partial charge in [-0.1, -0.05) is 38.2 Å². The number of nitrogens with two attached hydrogens (primary N) is 1. The number of amides is 1. The number of hydrogen-bond donors (Lipinski definition) is 2. The molecule has 0 aromatic heterocycles. The molecule has 0 saturated carbocycles. The van der Waals surface area contributed by atoms with E-state index in [-0.39, 0.29) is 11.3 Å². The Kier molecular flexibility index (Phi) is 4.65. The highest BCUT2D eigenvalue weighted by Crippen LogP contribution is 2.17. The molecule has 0 radical (unpaired) electrons. The second kappa shape index (κ2) is 5.60. The molecule has 1 aromatic carbocycles. The zero-order valence-corrected chi connectivity index (χ0v) is 12.2. The molecule has 3 nitrogen and oxygen atoms in total. The summed E-state index contributed by atoms with van der Waals surface area (Å²) in [7, 11) is 0. The van der Waals surface area contributed by atoms with Gasteiger partial charge in [-0.3, -0.25) is 4.79 Å². The maximum absolute atomic E-state index is 11.9. The molecule has 5 heteroatoms. The number of nitrogens with one attached hydrogen (secondary N) is 1. The number of halogens is 1. The smallest absolute Gasteiger partial charge is 0.252 e. The van der Waals surface area contributed by atoms with Gasteiger partial charge >= 0.3 is 0 Å². The van der Waals surface area contributed by atoms with E-state index in [2.05, 4.69) is 21.2 Å². The van der Waals surface area contributed by atoms with E-state index < -0.39 is 0 Å². The fourth-order valence-electron chi connectivity index (χ4n) is 1.13. The topological polar surface area (TPSA) is 55.1 Å². The van der Waals surface area contributed by atoms with Gasteiger partial charge in [0.1, 0.15) is 0 Å². The van der Waals surface area contributed by atoms with Crippen LogP contribution in [-0.2, 0) is 0 Å². The maximum Gasteiger partial charge on any atom is 0.252 e. The molecule has 0 spiro atoms. The van der Waals surface area contributed by atoms with Crippen LogP contribution < -0.4 is 11.1 Å². The zero-order valence-electron chi connectivity index (χ0n) is 9.79. The quantitative estimate of drug-likeness (QED) is 0.840. The molecule has 3 N–H and O–H groups in total. The first-order valence-corrected chi connectivity index (χ1v) is 6.37. The third-order valence-corrected chi connectivity index (χ3v) is 3.72. The fraction of sp³-hybridized carbons (Fsp3) is 0.333. The summed E-state index contributed by atoms with van der Waals surface area (Å²) in [6, 6.07) is 7.26. The van der Waals surface area contributed by atoms with E-state index in [9.17, 15) is 4.79 Å². The average Bonchev–Trinajstić information content (AvgIpc) is 2.26. The molecule has 0 saturated heterocycles. The highest BCUT2D eigenvalue weighted by Gasteiger charge is 2.22. The van der Waals surface area contributed by atoms with Crippen molar-refractivity contribution >= 4 is 39.0 Å². The van der Waals surface area contributed by atoms with Crippen molar-refractivity contribution in [2.24, 2.45) is 11.1 Å². The van der Waals surface area contributed by atoms with Crippen molar-refractivity contribution in [3.63, 3.8) is 0 Å². The van der Waals surface area contributed by atoms with Crippen molar-refractivity contribution < 1.29 is 4.79 Å². The standard InChI is InChI=1S/C12H15BrN2OS/c1-12(2,11(14)17)7-15-10(16)8-5-3-4-6-9(8)13/h3-6H,7H2,1-2H3,(H2,14,17)(H,15,16). The van der Waals surface area contributed by atoms with Gasteiger partial charge in [0.25, 0.3) is 5.91 Å². The molecule has 92 valence electrons. The normalized spacial score (nSPS) is 11.0. The van der Waals surface area contributed by atoms with Crippen molar-refractivity contribution in [2.75, 3.05) is 6.54 Å². The van der Waals surface area contributed by atoms with Gasteiger partial charge in [0.05, 0.1) is 10.6 Å². The van der Waals surface area contributed by atoms with Crippen LogP contribution in [0.2, 0.25) is 0 Å². The Labute approximate surface area is 115 Å². The van der Waals surface area contributed by atoms with Crippen molar-refractivity contribution in [3.8, 4) is 0 Å². The molecule has 0 bridgehead atoms. The van der Waals surface area contributed by atoms with Gasteiger partial charge < -0.3 is 11.1 Å². The maximum atomic E-state index is 11.9. The molecule has 0 aliphatic rings. The molecule has 0 heterocycles. The van der Waals surface area contributed by atoms with Crippen LogP contribution >= 0.6 is 28.1 Å². The Bertz CT molecular complexity index is 446. The lowest BCUT2D eigenvalue weighted by molar-refractivity contribution is 0.0944. The van der Waals surface area contributed by atoms with E-state index in [0.717, 1.165) is 4.47 Å². The van der Waals surface area contributed by atoms with Crippen LogP contribution in [0.1, 0.15) is 24.2 Å². The van der Waals surface area contributed by atoms with Crippen LogP contribution in [0.25, 0.3) is 0 Å². The first kappa shape index (κ1) is 14.1. The van der Waals surface area contributed by atoms with Crippen LogP contribution in [0.3, 0.4) is 0 Å². The van der Waals surface area contributed by atoms with Gasteiger partial charge in [0, 0.05) is 16.4 Å². The molecule has 1 amide bonds. The average molecular weight is 315 g/mol. The third kappa shape index (κ3) is 3.78. The lowest BCUT2D eigenvalue weighted by Crippen LogP contribution is -2.41. The Morgan fingerprint density at radius 1 is 1.47 bits per heavy atom. The second-order valence-electron chi connectivity index (χ2n) is 4.41. The van der Waals surface area contributed by atoms with Gasteiger partial charge in [-0.2, -0.15) is 0 Å². The van der Waals surface area contributed by atoms with E-state index in [1.807, 2.05) is 32.0 Å². The molecular formula is C12H15BrN2OS. The molecule has 0 aliphatic carbocycles. The number of hydrogen-bond acceptors (Lipinski definition) is 2. The zero-order chi connectivity index (χ0) is 13.1. The molecule has 0 fully saturated rings. The monoisotopic (exact) mass is 314 g/mol. The minimum atomic E-state index is -0.383. The lowest BCUT2D eigenvalue weighted by Gasteiger charge is -2.23. The highest BCUT2D eigenvalue weighted by atomic mass is 79.9. The van der Waals surface area contributed by atoms with Crippen LogP contribution in [-0.4, -0.2) is 17.4 Å². The summed E-state index contributed by atoms with van der Waals surface area (Å²) in [5.74, 6) is -0.137. The van der Waals surface area contributed by atoms with Crippen molar-refractivity contribution in [2.45, 2.75) is 13.8 Å². The largest absolute Gasteiger partial charge is 0.393 e. The van der Waals surface area contributed by atoms with Crippen molar-refractivity contribution in [3.05, 3.63) is 34.3 Å². The van der Waals surface area contributed by atoms with Crippen LogP contribution in [0.5, 0.6) is 0 Å². The summed E-state index contributed by atoms with van der Waals surface area (Å²) >= 11 is 8.28. The number of carbonyl (C=O) groups is 1. The summed E-state index contributed by atoms with van der Waals surface area (Å²) in [5.41, 5.74) is 5.82. The first-order chi connectivity index (χ1) is 7.84. The van der Waals surface area contributed by atoms with Crippen LogP contribution in [0.15, 0.2) is 28.7 Å². The highest BCUT2D eigenvalue weighted by molar-refractivity contribution is 9.10. The summed E-state index contributed by atoms with van der Waals surface area (Å²) in [5, 5.41) is 2.82. The molecular weight excluding hydrogens is 300 g/mol. The van der Waals surface area contributed by atoms with E-state index in [0.29, 0.717) is 17.1 Å². The predicted octanol–water partition coefficient (Wildman–Crippen LogP) is 2.49. The molecule has 0 unspecified atom stereocenters. The van der Waals surface area contributed by atoms with Gasteiger partial charge in [0.2, 0.25) is 0 Å². The molecule has 1 aromatic rings. The fourth-order valence-corrected chi connectivity index (χ4v) is 1.67. The molecule has 0 aliphatic heterocycles. The van der Waals surface area contributed by atoms with Gasteiger partial charge in [-0.25, -0.2) is 0 Å². The summed E-state index contributed by atoms with van der Waals surface area (Å²) in [6.45, 7) is 4.22. The van der Waals surface area contributed by atoms with E-state index in [1.165, 1.54) is 0 Å². The van der Waals surface area contributed by atoms with Gasteiger partial charge in [-0.05, 0) is 28.1 Å². The van der Waals surface area contributed by atoms with E-state index in [1.54, 1.807) is 6.07 Å². The van der Waals surface area contributed by atoms with E-state index in [4.69, 9.17) is 18.0 Å². The van der Waals surface area contributed by atoms with Crippen LogP contribution in [0, 0.1) is 5.41 Å². The Balaban J connectivity index is 2.69.